The minimum absolute atomic E-state index is 0.179. The number of carbonyl (C=O) groups is 2. The summed E-state index contributed by atoms with van der Waals surface area (Å²) in [6.07, 6.45) is 1.63. The number of furan rings is 1. The van der Waals surface area contributed by atoms with Gasteiger partial charge in [0.05, 0.1) is 16.2 Å². The van der Waals surface area contributed by atoms with Gasteiger partial charge in [-0.25, -0.2) is 9.79 Å². The number of aliphatic imine (C=N–C) groups is 1. The quantitative estimate of drug-likeness (QED) is 0.506. The summed E-state index contributed by atoms with van der Waals surface area (Å²) in [5.74, 6) is -0.250. The molecule has 1 aliphatic rings. The van der Waals surface area contributed by atoms with Crippen molar-refractivity contribution in [2.75, 3.05) is 0 Å². The number of amides is 1. The van der Waals surface area contributed by atoms with Crippen LogP contribution in [0, 0.1) is 0 Å². The van der Waals surface area contributed by atoms with Gasteiger partial charge < -0.3 is 14.8 Å². The second-order valence-electron chi connectivity index (χ2n) is 6.05. The third-order valence-corrected chi connectivity index (χ3v) is 5.39. The SMILES string of the molecule is O=C1NC(=Nc2cccc(Br)c2)S/C1=C/c1ccc(-c2cccc(C(=O)O)c2)o1. The van der Waals surface area contributed by atoms with Crippen LogP contribution in [0.4, 0.5) is 5.69 Å². The van der Waals surface area contributed by atoms with Crippen LogP contribution in [-0.4, -0.2) is 22.2 Å². The summed E-state index contributed by atoms with van der Waals surface area (Å²) < 4.78 is 6.68. The number of halogens is 1. The number of carboxylic acid groups (broad SMARTS) is 1. The highest BCUT2D eigenvalue weighted by Gasteiger charge is 2.24. The Morgan fingerprint density at radius 3 is 2.76 bits per heavy atom. The van der Waals surface area contributed by atoms with Crippen LogP contribution in [0.25, 0.3) is 17.4 Å². The van der Waals surface area contributed by atoms with E-state index in [1.165, 1.54) is 23.9 Å². The first-order valence-corrected chi connectivity index (χ1v) is 10.1. The number of benzene rings is 2. The number of rotatable bonds is 4. The highest BCUT2D eigenvalue weighted by molar-refractivity contribution is 9.10. The minimum atomic E-state index is -1.00. The van der Waals surface area contributed by atoms with E-state index in [4.69, 9.17) is 9.52 Å². The van der Waals surface area contributed by atoms with Crippen molar-refractivity contribution in [3.8, 4) is 11.3 Å². The Balaban J connectivity index is 1.55. The van der Waals surface area contributed by atoms with Crippen molar-refractivity contribution in [3.05, 3.63) is 81.4 Å². The van der Waals surface area contributed by atoms with Gasteiger partial charge in [0.2, 0.25) is 0 Å². The second kappa shape index (κ2) is 8.10. The summed E-state index contributed by atoms with van der Waals surface area (Å²) in [7, 11) is 0. The van der Waals surface area contributed by atoms with Gasteiger partial charge in [-0.2, -0.15) is 0 Å². The molecule has 8 heteroatoms. The predicted octanol–water partition coefficient (Wildman–Crippen LogP) is 5.30. The molecular formula is C21H13BrN2O4S. The molecule has 1 saturated heterocycles. The smallest absolute Gasteiger partial charge is 0.335 e. The Hall–Kier alpha value is -3.10. The van der Waals surface area contributed by atoms with Gasteiger partial charge in [-0.3, -0.25) is 4.79 Å². The largest absolute Gasteiger partial charge is 0.478 e. The molecule has 0 spiro atoms. The van der Waals surface area contributed by atoms with Crippen LogP contribution in [0.5, 0.6) is 0 Å². The topological polar surface area (TPSA) is 91.9 Å². The number of thioether (sulfide) groups is 1. The first-order chi connectivity index (χ1) is 14.0. The molecule has 2 aromatic carbocycles. The number of carbonyl (C=O) groups excluding carboxylic acids is 1. The molecule has 0 bridgehead atoms. The third kappa shape index (κ3) is 4.49. The molecule has 1 aromatic heterocycles. The van der Waals surface area contributed by atoms with Gasteiger partial charge in [0.1, 0.15) is 11.5 Å². The van der Waals surface area contributed by atoms with Gasteiger partial charge in [0, 0.05) is 16.1 Å². The van der Waals surface area contributed by atoms with E-state index < -0.39 is 5.97 Å². The Bertz CT molecular complexity index is 1180. The molecule has 1 fully saturated rings. The first-order valence-electron chi connectivity index (χ1n) is 8.47. The molecular weight excluding hydrogens is 456 g/mol. The van der Waals surface area contributed by atoms with Crippen molar-refractivity contribution < 1.29 is 19.1 Å². The number of carboxylic acids is 1. The fraction of sp³-hybridized carbons (Fsp3) is 0. The van der Waals surface area contributed by atoms with E-state index in [-0.39, 0.29) is 11.5 Å². The summed E-state index contributed by atoms with van der Waals surface area (Å²) >= 11 is 4.62. The van der Waals surface area contributed by atoms with E-state index in [1.807, 2.05) is 24.3 Å². The van der Waals surface area contributed by atoms with Crippen LogP contribution in [0.1, 0.15) is 16.1 Å². The van der Waals surface area contributed by atoms with E-state index >= 15 is 0 Å². The number of amidine groups is 1. The molecule has 0 aliphatic carbocycles. The van der Waals surface area contributed by atoms with E-state index in [1.54, 1.807) is 30.3 Å². The van der Waals surface area contributed by atoms with Gasteiger partial charge in [-0.05, 0) is 54.2 Å². The molecule has 0 atom stereocenters. The lowest BCUT2D eigenvalue weighted by Gasteiger charge is -1.99. The highest BCUT2D eigenvalue weighted by atomic mass is 79.9. The van der Waals surface area contributed by atoms with Crippen LogP contribution >= 0.6 is 27.7 Å². The minimum Gasteiger partial charge on any atom is -0.478 e. The summed E-state index contributed by atoms with van der Waals surface area (Å²) in [5.41, 5.74) is 1.55. The summed E-state index contributed by atoms with van der Waals surface area (Å²) in [5, 5.41) is 12.3. The molecule has 6 nitrogen and oxygen atoms in total. The second-order valence-corrected chi connectivity index (χ2v) is 8.00. The van der Waals surface area contributed by atoms with Crippen molar-refractivity contribution >= 4 is 56.5 Å². The van der Waals surface area contributed by atoms with Crippen LogP contribution < -0.4 is 5.32 Å². The lowest BCUT2D eigenvalue weighted by molar-refractivity contribution is -0.115. The van der Waals surface area contributed by atoms with Gasteiger partial charge in [-0.1, -0.05) is 34.1 Å². The zero-order valence-electron chi connectivity index (χ0n) is 14.8. The van der Waals surface area contributed by atoms with Crippen molar-refractivity contribution in [2.45, 2.75) is 0 Å². The zero-order chi connectivity index (χ0) is 20.4. The molecule has 0 saturated carbocycles. The molecule has 1 aliphatic heterocycles. The highest BCUT2D eigenvalue weighted by Crippen LogP contribution is 2.30. The zero-order valence-corrected chi connectivity index (χ0v) is 17.2. The third-order valence-electron chi connectivity index (χ3n) is 3.98. The summed E-state index contributed by atoms with van der Waals surface area (Å²) in [6, 6.07) is 17.4. The van der Waals surface area contributed by atoms with Gasteiger partial charge in [0.15, 0.2) is 5.17 Å². The van der Waals surface area contributed by atoms with Crippen LogP contribution in [0.15, 0.2) is 79.5 Å². The molecule has 2 N–H and O–H groups in total. The fourth-order valence-electron chi connectivity index (χ4n) is 2.66. The maximum atomic E-state index is 12.2. The molecule has 0 radical (unpaired) electrons. The molecule has 4 rings (SSSR count). The monoisotopic (exact) mass is 468 g/mol. The Labute approximate surface area is 178 Å². The number of nitrogens with one attached hydrogen (secondary N) is 1. The summed E-state index contributed by atoms with van der Waals surface area (Å²) in [6.45, 7) is 0. The van der Waals surface area contributed by atoms with E-state index in [0.29, 0.717) is 27.2 Å². The van der Waals surface area contributed by atoms with Crippen LogP contribution in [-0.2, 0) is 4.79 Å². The Morgan fingerprint density at radius 1 is 1.14 bits per heavy atom. The van der Waals surface area contributed by atoms with Crippen LogP contribution in [0.3, 0.4) is 0 Å². The maximum Gasteiger partial charge on any atom is 0.335 e. The van der Waals surface area contributed by atoms with Crippen molar-refractivity contribution in [1.29, 1.82) is 0 Å². The standard InChI is InChI=1S/C21H13BrN2O4S/c22-14-5-2-6-15(10-14)23-21-24-19(25)18(29-21)11-16-7-8-17(28-16)12-3-1-4-13(9-12)20(26)27/h1-11H,(H,26,27)(H,23,24,25)/b18-11+. The number of aromatic carboxylic acids is 1. The van der Waals surface area contributed by atoms with Crippen molar-refractivity contribution in [2.24, 2.45) is 4.99 Å². The van der Waals surface area contributed by atoms with Gasteiger partial charge >= 0.3 is 5.97 Å². The molecule has 144 valence electrons. The number of hydrogen-bond donors (Lipinski definition) is 2. The lowest BCUT2D eigenvalue weighted by Crippen LogP contribution is -2.19. The van der Waals surface area contributed by atoms with Crippen LogP contribution in [0.2, 0.25) is 0 Å². The Morgan fingerprint density at radius 2 is 1.97 bits per heavy atom. The average Bonchev–Trinajstić information content (AvgIpc) is 3.29. The summed E-state index contributed by atoms with van der Waals surface area (Å²) in [4.78, 5) is 28.3. The maximum absolute atomic E-state index is 12.2. The first kappa shape index (κ1) is 19.2. The lowest BCUT2D eigenvalue weighted by atomic mass is 10.1. The number of hydrogen-bond acceptors (Lipinski definition) is 5. The van der Waals surface area contributed by atoms with Crippen molar-refractivity contribution in [3.63, 3.8) is 0 Å². The molecule has 1 amide bonds. The average molecular weight is 469 g/mol. The normalized spacial score (nSPS) is 16.4. The van der Waals surface area contributed by atoms with Gasteiger partial charge in [-0.15, -0.1) is 0 Å². The molecule has 2 heterocycles. The molecule has 3 aromatic rings. The number of nitrogens with zero attached hydrogens (tertiary/aromatic N) is 1. The fourth-order valence-corrected chi connectivity index (χ4v) is 3.87. The van der Waals surface area contributed by atoms with E-state index in [9.17, 15) is 9.59 Å². The predicted molar refractivity (Wildman–Crippen MR) is 116 cm³/mol. The van der Waals surface area contributed by atoms with E-state index in [2.05, 4.69) is 26.2 Å². The van der Waals surface area contributed by atoms with E-state index in [0.717, 1.165) is 10.2 Å². The molecule has 0 unspecified atom stereocenters. The van der Waals surface area contributed by atoms with Gasteiger partial charge in [0.25, 0.3) is 5.91 Å². The Kier molecular flexibility index (Phi) is 5.37. The molecule has 29 heavy (non-hydrogen) atoms. The van der Waals surface area contributed by atoms with Crippen molar-refractivity contribution in [1.82, 2.24) is 5.32 Å².